The number of nitrogens with zero attached hydrogens (tertiary/aromatic N) is 2. The van der Waals surface area contributed by atoms with Crippen LogP contribution in [0.4, 0.5) is 17.1 Å². The Morgan fingerprint density at radius 1 is 0.839 bits per heavy atom. The minimum absolute atomic E-state index is 0.0674. The van der Waals surface area contributed by atoms with Gasteiger partial charge in [0.1, 0.15) is 0 Å². The summed E-state index contributed by atoms with van der Waals surface area (Å²) in [5.74, 6) is -0.393. The normalized spacial score (nSPS) is 13.4. The number of carbonyl (C=O) groups excluding carboxylic acids is 2. The van der Waals surface area contributed by atoms with Crippen LogP contribution in [0, 0.1) is 0 Å². The second-order valence-electron chi connectivity index (χ2n) is 7.41. The van der Waals surface area contributed by atoms with Gasteiger partial charge in [-0.3, -0.25) is 9.59 Å². The Kier molecular flexibility index (Phi) is 6.16. The summed E-state index contributed by atoms with van der Waals surface area (Å²) in [7, 11) is 2.04. The van der Waals surface area contributed by atoms with Crippen LogP contribution in [-0.4, -0.2) is 32.0 Å². The lowest BCUT2D eigenvalue weighted by molar-refractivity contribution is 0.0986. The van der Waals surface area contributed by atoms with E-state index in [1.807, 2.05) is 36.2 Å². The van der Waals surface area contributed by atoms with Gasteiger partial charge in [-0.2, -0.15) is 0 Å². The third-order valence-electron chi connectivity index (χ3n) is 5.22. The molecule has 0 radical (unpaired) electrons. The summed E-state index contributed by atoms with van der Waals surface area (Å²) in [5.41, 5.74) is 3.44. The van der Waals surface area contributed by atoms with Crippen molar-refractivity contribution < 1.29 is 9.59 Å². The number of para-hydroxylation sites is 2. The van der Waals surface area contributed by atoms with Crippen molar-refractivity contribution in [1.29, 1.82) is 0 Å². The zero-order chi connectivity index (χ0) is 22.0. The molecular formula is C24H21Cl2N3O2. The molecule has 158 valence electrons. The predicted octanol–water partition coefficient (Wildman–Crippen LogP) is 5.73. The van der Waals surface area contributed by atoms with E-state index in [2.05, 4.69) is 10.2 Å². The molecule has 5 nitrogen and oxygen atoms in total. The van der Waals surface area contributed by atoms with Gasteiger partial charge < -0.3 is 15.1 Å². The van der Waals surface area contributed by atoms with Gasteiger partial charge in [0, 0.05) is 47.0 Å². The molecule has 1 N–H and O–H groups in total. The van der Waals surface area contributed by atoms with Crippen LogP contribution >= 0.6 is 23.2 Å². The second-order valence-corrected chi connectivity index (χ2v) is 8.28. The zero-order valence-electron chi connectivity index (χ0n) is 16.9. The van der Waals surface area contributed by atoms with E-state index in [9.17, 15) is 9.59 Å². The average Bonchev–Trinajstić information content (AvgIpc) is 2.92. The largest absolute Gasteiger partial charge is 0.373 e. The van der Waals surface area contributed by atoms with Crippen LogP contribution < -0.4 is 15.1 Å². The lowest BCUT2D eigenvalue weighted by Crippen LogP contribution is -2.31. The Hall–Kier alpha value is -3.02. The highest BCUT2D eigenvalue weighted by atomic mass is 35.5. The van der Waals surface area contributed by atoms with Crippen molar-refractivity contribution in [2.75, 3.05) is 35.3 Å². The van der Waals surface area contributed by atoms with Crippen LogP contribution in [0.25, 0.3) is 0 Å². The van der Waals surface area contributed by atoms with Crippen molar-refractivity contribution in [2.24, 2.45) is 0 Å². The van der Waals surface area contributed by atoms with Gasteiger partial charge in [0.25, 0.3) is 11.8 Å². The van der Waals surface area contributed by atoms with Crippen LogP contribution in [0.1, 0.15) is 27.1 Å². The first-order valence-electron chi connectivity index (χ1n) is 9.92. The van der Waals surface area contributed by atoms with Crippen LogP contribution in [-0.2, 0) is 0 Å². The number of rotatable bonds is 3. The minimum atomic E-state index is -0.326. The van der Waals surface area contributed by atoms with E-state index >= 15 is 0 Å². The van der Waals surface area contributed by atoms with E-state index in [0.29, 0.717) is 33.4 Å². The number of nitrogens with one attached hydrogen (secondary N) is 1. The number of carbonyl (C=O) groups is 2. The molecule has 0 aliphatic carbocycles. The molecule has 0 atom stereocenters. The average molecular weight is 454 g/mol. The van der Waals surface area contributed by atoms with Crippen LogP contribution in [0.3, 0.4) is 0 Å². The molecule has 7 heteroatoms. The van der Waals surface area contributed by atoms with Crippen molar-refractivity contribution in [1.82, 2.24) is 0 Å². The van der Waals surface area contributed by atoms with Crippen molar-refractivity contribution in [2.45, 2.75) is 6.42 Å². The molecule has 3 aromatic carbocycles. The fraction of sp³-hybridized carbons (Fsp3) is 0.167. The van der Waals surface area contributed by atoms with Crippen molar-refractivity contribution in [3.05, 3.63) is 87.9 Å². The Balaban J connectivity index is 1.52. The Morgan fingerprint density at radius 3 is 2.16 bits per heavy atom. The number of hydrogen-bond donors (Lipinski definition) is 1. The van der Waals surface area contributed by atoms with Crippen molar-refractivity contribution >= 4 is 52.1 Å². The molecule has 31 heavy (non-hydrogen) atoms. The molecule has 1 heterocycles. The molecule has 0 bridgehead atoms. The Bertz CT molecular complexity index is 1110. The number of amides is 2. The van der Waals surface area contributed by atoms with Crippen LogP contribution in [0.2, 0.25) is 10.0 Å². The third-order valence-corrected chi connectivity index (χ3v) is 5.66. The number of anilines is 3. The summed E-state index contributed by atoms with van der Waals surface area (Å²) >= 11 is 11.9. The Morgan fingerprint density at radius 2 is 1.48 bits per heavy atom. The SMILES string of the molecule is CN1CCCN(C(=O)c2ccc(NC(=O)c3cc(Cl)cc(Cl)c3)cc2)c2ccccc21. The fourth-order valence-electron chi connectivity index (χ4n) is 3.67. The van der Waals surface area contributed by atoms with Crippen LogP contribution in [0.5, 0.6) is 0 Å². The monoisotopic (exact) mass is 453 g/mol. The molecule has 0 aromatic heterocycles. The molecule has 4 rings (SSSR count). The highest BCUT2D eigenvalue weighted by molar-refractivity contribution is 6.35. The molecule has 0 fully saturated rings. The number of halogens is 2. The maximum Gasteiger partial charge on any atom is 0.258 e. The first kappa shape index (κ1) is 21.2. The molecule has 0 spiro atoms. The molecule has 0 saturated carbocycles. The number of hydrogen-bond acceptors (Lipinski definition) is 3. The summed E-state index contributed by atoms with van der Waals surface area (Å²) in [6, 6.07) is 19.5. The second kappa shape index (κ2) is 9.00. The molecule has 0 saturated heterocycles. The highest BCUT2D eigenvalue weighted by Crippen LogP contribution is 2.32. The van der Waals surface area contributed by atoms with Crippen molar-refractivity contribution in [3.63, 3.8) is 0 Å². The minimum Gasteiger partial charge on any atom is -0.373 e. The summed E-state index contributed by atoms with van der Waals surface area (Å²) in [5, 5.41) is 3.58. The third kappa shape index (κ3) is 4.68. The van der Waals surface area contributed by atoms with Gasteiger partial charge in [-0.05, 0) is 61.0 Å². The smallest absolute Gasteiger partial charge is 0.258 e. The van der Waals surface area contributed by atoms with E-state index in [1.54, 1.807) is 42.5 Å². The van der Waals surface area contributed by atoms with Crippen molar-refractivity contribution in [3.8, 4) is 0 Å². The van der Waals surface area contributed by atoms with E-state index in [1.165, 1.54) is 0 Å². The van der Waals surface area contributed by atoms with E-state index in [-0.39, 0.29) is 11.8 Å². The summed E-state index contributed by atoms with van der Waals surface area (Å²) < 4.78 is 0. The standard InChI is InChI=1S/C24H21Cl2N3O2/c1-28-11-4-12-29(22-6-3-2-5-21(22)28)24(31)16-7-9-20(10-8-16)27-23(30)17-13-18(25)15-19(26)14-17/h2-3,5-10,13-15H,4,11-12H2,1H3,(H,27,30). The van der Waals surface area contributed by atoms with Gasteiger partial charge in [0.2, 0.25) is 0 Å². The molecule has 2 amide bonds. The number of benzene rings is 3. The first-order valence-corrected chi connectivity index (χ1v) is 10.7. The molecule has 0 unspecified atom stereocenters. The van der Waals surface area contributed by atoms with Gasteiger partial charge in [-0.1, -0.05) is 35.3 Å². The first-order chi connectivity index (χ1) is 14.9. The van der Waals surface area contributed by atoms with E-state index < -0.39 is 0 Å². The van der Waals surface area contributed by atoms with Gasteiger partial charge in [-0.15, -0.1) is 0 Å². The molecular weight excluding hydrogens is 433 g/mol. The van der Waals surface area contributed by atoms with E-state index in [4.69, 9.17) is 23.2 Å². The maximum atomic E-state index is 13.2. The summed E-state index contributed by atoms with van der Waals surface area (Å²) in [6.45, 7) is 1.54. The fourth-order valence-corrected chi connectivity index (χ4v) is 4.20. The summed E-state index contributed by atoms with van der Waals surface area (Å²) in [4.78, 5) is 29.7. The van der Waals surface area contributed by atoms with Crippen LogP contribution in [0.15, 0.2) is 66.7 Å². The number of fused-ring (bicyclic) bond motifs is 1. The van der Waals surface area contributed by atoms with Gasteiger partial charge in [0.15, 0.2) is 0 Å². The zero-order valence-corrected chi connectivity index (χ0v) is 18.5. The van der Waals surface area contributed by atoms with Gasteiger partial charge >= 0.3 is 0 Å². The lowest BCUT2D eigenvalue weighted by Gasteiger charge is -2.24. The maximum absolute atomic E-state index is 13.2. The highest BCUT2D eigenvalue weighted by Gasteiger charge is 2.24. The predicted molar refractivity (Wildman–Crippen MR) is 127 cm³/mol. The lowest BCUT2D eigenvalue weighted by atomic mass is 10.1. The van der Waals surface area contributed by atoms with E-state index in [0.717, 1.165) is 24.3 Å². The van der Waals surface area contributed by atoms with Gasteiger partial charge in [0.05, 0.1) is 11.4 Å². The quantitative estimate of drug-likeness (QED) is 0.550. The Labute approximate surface area is 191 Å². The topological polar surface area (TPSA) is 52.6 Å². The van der Waals surface area contributed by atoms with Gasteiger partial charge in [-0.25, -0.2) is 0 Å². The summed E-state index contributed by atoms with van der Waals surface area (Å²) in [6.07, 6.45) is 0.882. The molecule has 1 aliphatic rings. The molecule has 1 aliphatic heterocycles. The molecule has 3 aromatic rings.